The third-order valence-corrected chi connectivity index (χ3v) is 3.36. The molecule has 0 bridgehead atoms. The molecule has 0 aromatic heterocycles. The van der Waals surface area contributed by atoms with Crippen LogP contribution in [0.25, 0.3) is 0 Å². The fourth-order valence-corrected chi connectivity index (χ4v) is 2.53. The maximum absolute atomic E-state index is 10.4. The Balaban J connectivity index is 2.33. The molecule has 0 saturated heterocycles. The molecular weight excluding hydrogens is 202 g/mol. The second-order valence-electron chi connectivity index (χ2n) is 4.33. The zero-order valence-corrected chi connectivity index (χ0v) is 9.13. The molecule has 0 spiro atoms. The Morgan fingerprint density at radius 1 is 1.19 bits per heavy atom. The van der Waals surface area contributed by atoms with Crippen molar-refractivity contribution in [3.05, 3.63) is 58.3 Å². The Labute approximate surface area is 94.9 Å². The number of hydrogen-bond acceptors (Lipinski definition) is 2. The van der Waals surface area contributed by atoms with E-state index in [9.17, 15) is 10.1 Å². The summed E-state index contributed by atoms with van der Waals surface area (Å²) in [7, 11) is 0. The fourth-order valence-electron chi connectivity index (χ4n) is 2.53. The quantitative estimate of drug-likeness (QED) is 0.576. The molecule has 2 rings (SSSR count). The lowest BCUT2D eigenvalue weighted by Gasteiger charge is -2.24. The van der Waals surface area contributed by atoms with E-state index in [0.29, 0.717) is 0 Å². The second-order valence-corrected chi connectivity index (χ2v) is 4.33. The fraction of sp³-hybridized carbons (Fsp3) is 0.385. The van der Waals surface area contributed by atoms with Crippen LogP contribution in [0.4, 0.5) is 0 Å². The first-order chi connectivity index (χ1) is 7.73. The van der Waals surface area contributed by atoms with Crippen molar-refractivity contribution in [3.63, 3.8) is 0 Å². The third-order valence-electron chi connectivity index (χ3n) is 3.36. The van der Waals surface area contributed by atoms with Crippen molar-refractivity contribution < 1.29 is 4.92 Å². The van der Waals surface area contributed by atoms with Crippen molar-refractivity contribution in [1.29, 1.82) is 0 Å². The van der Waals surface area contributed by atoms with Crippen LogP contribution in [0, 0.1) is 10.1 Å². The molecule has 1 aromatic carbocycles. The topological polar surface area (TPSA) is 43.1 Å². The first-order valence-electron chi connectivity index (χ1n) is 5.61. The van der Waals surface area contributed by atoms with Gasteiger partial charge in [0, 0.05) is 5.41 Å². The average Bonchev–Trinajstić information content (AvgIpc) is 2.78. The van der Waals surface area contributed by atoms with Crippen LogP contribution in [0.15, 0.2) is 42.6 Å². The highest BCUT2D eigenvalue weighted by atomic mass is 16.6. The van der Waals surface area contributed by atoms with Gasteiger partial charge in [-0.2, -0.15) is 0 Å². The molecular formula is C13H15NO2. The van der Waals surface area contributed by atoms with E-state index in [0.717, 1.165) is 31.9 Å². The molecule has 0 aliphatic heterocycles. The molecule has 3 nitrogen and oxygen atoms in total. The van der Waals surface area contributed by atoms with E-state index >= 15 is 0 Å². The summed E-state index contributed by atoms with van der Waals surface area (Å²) in [5.74, 6) is 0. The first kappa shape index (κ1) is 10.9. The lowest BCUT2D eigenvalue weighted by atomic mass is 9.79. The number of nitro groups is 1. The maximum Gasteiger partial charge on any atom is 0.231 e. The van der Waals surface area contributed by atoms with Crippen LogP contribution in [0.3, 0.4) is 0 Å². The van der Waals surface area contributed by atoms with E-state index in [4.69, 9.17) is 0 Å². The van der Waals surface area contributed by atoms with E-state index in [1.165, 1.54) is 5.56 Å². The van der Waals surface area contributed by atoms with E-state index in [-0.39, 0.29) is 10.3 Å². The van der Waals surface area contributed by atoms with Crippen molar-refractivity contribution in [2.75, 3.05) is 0 Å². The molecule has 0 radical (unpaired) electrons. The van der Waals surface area contributed by atoms with Crippen LogP contribution in [0.2, 0.25) is 0 Å². The molecule has 84 valence electrons. The highest BCUT2D eigenvalue weighted by Gasteiger charge is 2.33. The van der Waals surface area contributed by atoms with Crippen LogP contribution < -0.4 is 0 Å². The molecule has 0 amide bonds. The summed E-state index contributed by atoms with van der Waals surface area (Å²) < 4.78 is 0. The van der Waals surface area contributed by atoms with Gasteiger partial charge in [0.15, 0.2) is 0 Å². The molecule has 0 unspecified atom stereocenters. The summed E-state index contributed by atoms with van der Waals surface area (Å²) in [6.45, 7) is 0. The molecule has 0 N–H and O–H groups in total. The summed E-state index contributed by atoms with van der Waals surface area (Å²) in [6, 6.07) is 10.1. The number of hydrogen-bond donors (Lipinski definition) is 0. The molecule has 1 aliphatic carbocycles. The summed E-state index contributed by atoms with van der Waals surface area (Å²) in [5, 5.41) is 10.4. The lowest BCUT2D eigenvalue weighted by Crippen LogP contribution is -2.19. The molecule has 16 heavy (non-hydrogen) atoms. The predicted molar refractivity (Wildman–Crippen MR) is 62.7 cm³/mol. The minimum atomic E-state index is -0.372. The van der Waals surface area contributed by atoms with Gasteiger partial charge in [0.25, 0.3) is 0 Å². The molecule has 1 saturated carbocycles. The van der Waals surface area contributed by atoms with E-state index < -0.39 is 0 Å². The Hall–Kier alpha value is -1.64. The van der Waals surface area contributed by atoms with Crippen LogP contribution in [-0.2, 0) is 5.41 Å². The highest BCUT2D eigenvalue weighted by molar-refractivity contribution is 5.31. The third kappa shape index (κ3) is 2.13. The normalized spacial score (nSPS) is 19.0. The van der Waals surface area contributed by atoms with Crippen LogP contribution in [0.1, 0.15) is 31.2 Å². The zero-order valence-electron chi connectivity index (χ0n) is 9.13. The molecule has 0 atom stereocenters. The van der Waals surface area contributed by atoms with Crippen LogP contribution >= 0.6 is 0 Å². The molecule has 1 aliphatic rings. The van der Waals surface area contributed by atoms with Gasteiger partial charge in [-0.1, -0.05) is 43.2 Å². The van der Waals surface area contributed by atoms with Crippen LogP contribution in [-0.4, -0.2) is 4.92 Å². The summed E-state index contributed by atoms with van der Waals surface area (Å²) in [5.41, 5.74) is 1.10. The largest absolute Gasteiger partial charge is 0.259 e. The molecule has 1 aromatic rings. The van der Waals surface area contributed by atoms with Crippen LogP contribution in [0.5, 0.6) is 0 Å². The van der Waals surface area contributed by atoms with Gasteiger partial charge >= 0.3 is 0 Å². The smallest absolute Gasteiger partial charge is 0.231 e. The van der Waals surface area contributed by atoms with Crippen molar-refractivity contribution in [1.82, 2.24) is 0 Å². The Morgan fingerprint density at radius 2 is 1.81 bits per heavy atom. The zero-order chi connectivity index (χ0) is 11.4. The predicted octanol–water partition coefficient (Wildman–Crippen LogP) is 3.29. The van der Waals surface area contributed by atoms with Gasteiger partial charge in [-0.25, -0.2) is 0 Å². The number of benzene rings is 1. The monoisotopic (exact) mass is 217 g/mol. The minimum absolute atomic E-state index is 0.103. The van der Waals surface area contributed by atoms with Gasteiger partial charge in [-0.3, -0.25) is 10.1 Å². The molecule has 0 heterocycles. The summed E-state index contributed by atoms with van der Waals surface area (Å²) in [4.78, 5) is 10.1. The second kappa shape index (κ2) is 4.47. The Kier molecular flexibility index (Phi) is 3.04. The molecule has 1 fully saturated rings. The Bertz CT molecular complexity index is 392. The molecule has 3 heteroatoms. The highest BCUT2D eigenvalue weighted by Crippen LogP contribution is 2.42. The average molecular weight is 217 g/mol. The van der Waals surface area contributed by atoms with Gasteiger partial charge in [-0.05, 0) is 24.5 Å². The number of nitrogens with zero attached hydrogens (tertiary/aromatic N) is 1. The van der Waals surface area contributed by atoms with Gasteiger partial charge in [0.2, 0.25) is 6.20 Å². The minimum Gasteiger partial charge on any atom is -0.259 e. The van der Waals surface area contributed by atoms with E-state index in [2.05, 4.69) is 12.1 Å². The first-order valence-corrected chi connectivity index (χ1v) is 5.61. The van der Waals surface area contributed by atoms with Crippen molar-refractivity contribution >= 4 is 0 Å². The van der Waals surface area contributed by atoms with Crippen molar-refractivity contribution in [2.24, 2.45) is 0 Å². The van der Waals surface area contributed by atoms with E-state index in [1.807, 2.05) is 18.2 Å². The van der Waals surface area contributed by atoms with Gasteiger partial charge in [-0.15, -0.1) is 0 Å². The SMILES string of the molecule is O=[N+]([O-])/C=C/C1(c2ccccc2)CCCC1. The summed E-state index contributed by atoms with van der Waals surface area (Å²) >= 11 is 0. The maximum atomic E-state index is 10.4. The van der Waals surface area contributed by atoms with Gasteiger partial charge in [0.05, 0.1) is 4.92 Å². The summed E-state index contributed by atoms with van der Waals surface area (Å²) in [6.07, 6.45) is 7.20. The Morgan fingerprint density at radius 3 is 2.38 bits per heavy atom. The van der Waals surface area contributed by atoms with Gasteiger partial charge < -0.3 is 0 Å². The standard InChI is InChI=1S/C13H15NO2/c15-14(16)11-10-13(8-4-5-9-13)12-6-2-1-3-7-12/h1-3,6-7,10-11H,4-5,8-9H2/b11-10+. The van der Waals surface area contributed by atoms with Gasteiger partial charge in [0.1, 0.15) is 0 Å². The number of rotatable bonds is 3. The van der Waals surface area contributed by atoms with Crippen molar-refractivity contribution in [2.45, 2.75) is 31.1 Å². The van der Waals surface area contributed by atoms with E-state index in [1.54, 1.807) is 6.08 Å². The van der Waals surface area contributed by atoms with Crippen molar-refractivity contribution in [3.8, 4) is 0 Å². The lowest BCUT2D eigenvalue weighted by molar-refractivity contribution is -0.402. The number of allylic oxidation sites excluding steroid dienone is 1.